The van der Waals surface area contributed by atoms with Gasteiger partial charge in [0, 0.05) is 29.1 Å². The number of aryl methyl sites for hydroxylation is 1. The van der Waals surface area contributed by atoms with E-state index in [0.29, 0.717) is 34.0 Å². The van der Waals surface area contributed by atoms with Crippen molar-refractivity contribution < 1.29 is 18.9 Å². The zero-order chi connectivity index (χ0) is 24.8. The summed E-state index contributed by atoms with van der Waals surface area (Å²) >= 11 is 0. The van der Waals surface area contributed by atoms with E-state index < -0.39 is 10.8 Å². The van der Waals surface area contributed by atoms with Gasteiger partial charge < -0.3 is 15.1 Å². The van der Waals surface area contributed by atoms with Crippen molar-refractivity contribution in [2.24, 2.45) is 0 Å². The van der Waals surface area contributed by atoms with Crippen LogP contribution in [0.3, 0.4) is 0 Å². The Morgan fingerprint density at radius 3 is 2.37 bits per heavy atom. The third-order valence-electron chi connectivity index (χ3n) is 5.17. The number of furan rings is 1. The van der Waals surface area contributed by atoms with Crippen molar-refractivity contribution in [1.29, 1.82) is 0 Å². The number of rotatable bonds is 7. The average Bonchev–Trinajstić information content (AvgIpc) is 3.32. The molecule has 0 saturated heterocycles. The monoisotopic (exact) mass is 467 g/mol. The molecule has 0 bridgehead atoms. The first-order valence-electron chi connectivity index (χ1n) is 10.7. The molecule has 174 valence electrons. The Morgan fingerprint density at radius 1 is 0.886 bits per heavy atom. The smallest absolute Gasteiger partial charge is 0.280 e. The predicted molar refractivity (Wildman–Crippen MR) is 134 cm³/mol. The topological polar surface area (TPSA) is 114 Å². The molecule has 0 aliphatic heterocycles. The highest BCUT2D eigenvalue weighted by atomic mass is 16.6. The molecule has 0 aliphatic carbocycles. The van der Waals surface area contributed by atoms with Gasteiger partial charge in [-0.1, -0.05) is 36.4 Å². The zero-order valence-corrected chi connectivity index (χ0v) is 18.7. The number of amides is 2. The molecule has 2 amide bonds. The van der Waals surface area contributed by atoms with Gasteiger partial charge in [-0.2, -0.15) is 0 Å². The molecule has 8 nitrogen and oxygen atoms in total. The first kappa shape index (κ1) is 23.2. The molecular weight excluding hydrogens is 446 g/mol. The minimum absolute atomic E-state index is 0.0653. The molecule has 35 heavy (non-hydrogen) atoms. The maximum absolute atomic E-state index is 12.5. The minimum atomic E-state index is -0.474. The lowest BCUT2D eigenvalue weighted by atomic mass is 10.1. The molecule has 0 saturated carbocycles. The van der Waals surface area contributed by atoms with Gasteiger partial charge in [0.05, 0.1) is 10.5 Å². The third-order valence-corrected chi connectivity index (χ3v) is 5.17. The summed E-state index contributed by atoms with van der Waals surface area (Å²) < 4.78 is 5.66. The molecule has 0 aliphatic rings. The summed E-state index contributed by atoms with van der Waals surface area (Å²) in [6.07, 6.45) is 2.76. The van der Waals surface area contributed by atoms with Crippen LogP contribution in [-0.4, -0.2) is 16.7 Å². The van der Waals surface area contributed by atoms with Gasteiger partial charge >= 0.3 is 0 Å². The lowest BCUT2D eigenvalue weighted by Gasteiger charge is -2.09. The van der Waals surface area contributed by atoms with Crippen LogP contribution in [0.1, 0.15) is 21.7 Å². The lowest BCUT2D eigenvalue weighted by molar-refractivity contribution is -0.384. The molecule has 1 aromatic heterocycles. The van der Waals surface area contributed by atoms with Gasteiger partial charge in [-0.15, -0.1) is 0 Å². The molecule has 0 spiro atoms. The normalized spacial score (nSPS) is 10.8. The van der Waals surface area contributed by atoms with Gasteiger partial charge in [0.2, 0.25) is 5.91 Å². The Kier molecular flexibility index (Phi) is 6.83. The van der Waals surface area contributed by atoms with Crippen LogP contribution in [0, 0.1) is 17.0 Å². The van der Waals surface area contributed by atoms with Gasteiger partial charge in [0.15, 0.2) is 0 Å². The van der Waals surface area contributed by atoms with Crippen molar-refractivity contribution in [2.45, 2.75) is 6.92 Å². The number of carbonyl (C=O) groups is 2. The molecule has 0 atom stereocenters. The van der Waals surface area contributed by atoms with Gasteiger partial charge in [-0.25, -0.2) is 0 Å². The number of benzene rings is 3. The minimum Gasteiger partial charge on any atom is -0.456 e. The number of hydrogen-bond acceptors (Lipinski definition) is 5. The van der Waals surface area contributed by atoms with E-state index in [1.54, 1.807) is 66.7 Å². The van der Waals surface area contributed by atoms with Gasteiger partial charge in [-0.05, 0) is 61.0 Å². The second-order valence-corrected chi connectivity index (χ2v) is 7.65. The second-order valence-electron chi connectivity index (χ2n) is 7.65. The first-order chi connectivity index (χ1) is 16.9. The zero-order valence-electron chi connectivity index (χ0n) is 18.7. The molecule has 4 rings (SSSR count). The number of carbonyl (C=O) groups excluding carboxylic acids is 2. The summed E-state index contributed by atoms with van der Waals surface area (Å²) in [5.74, 6) is 0.0526. The second kappa shape index (κ2) is 10.3. The van der Waals surface area contributed by atoms with Crippen LogP contribution in [0.5, 0.6) is 0 Å². The molecule has 0 radical (unpaired) electrons. The fourth-order valence-electron chi connectivity index (χ4n) is 3.47. The molecule has 8 heteroatoms. The Hall–Kier alpha value is -4.98. The Balaban J connectivity index is 1.41. The molecular formula is C27H21N3O5. The van der Waals surface area contributed by atoms with Crippen LogP contribution in [0.25, 0.3) is 17.4 Å². The number of nitro groups is 1. The van der Waals surface area contributed by atoms with Crippen molar-refractivity contribution >= 4 is 35.0 Å². The van der Waals surface area contributed by atoms with Crippen LogP contribution in [0.2, 0.25) is 0 Å². The summed E-state index contributed by atoms with van der Waals surface area (Å²) in [6.45, 7) is 1.86. The highest BCUT2D eigenvalue weighted by Gasteiger charge is 2.16. The molecule has 2 N–H and O–H groups in total. The van der Waals surface area contributed by atoms with Crippen LogP contribution in [0.4, 0.5) is 17.1 Å². The quantitative estimate of drug-likeness (QED) is 0.195. The van der Waals surface area contributed by atoms with Crippen molar-refractivity contribution in [3.05, 3.63) is 118 Å². The Labute approximate surface area is 201 Å². The van der Waals surface area contributed by atoms with Crippen LogP contribution in [-0.2, 0) is 4.79 Å². The summed E-state index contributed by atoms with van der Waals surface area (Å²) in [5, 5.41) is 16.8. The van der Waals surface area contributed by atoms with E-state index in [1.165, 1.54) is 18.2 Å². The number of anilines is 2. The highest BCUT2D eigenvalue weighted by Crippen LogP contribution is 2.31. The summed E-state index contributed by atoms with van der Waals surface area (Å²) in [4.78, 5) is 35.7. The van der Waals surface area contributed by atoms with E-state index in [0.717, 1.165) is 5.56 Å². The fourth-order valence-corrected chi connectivity index (χ4v) is 3.47. The van der Waals surface area contributed by atoms with Crippen molar-refractivity contribution in [3.63, 3.8) is 0 Å². The van der Waals surface area contributed by atoms with Crippen molar-refractivity contribution in [2.75, 3.05) is 10.6 Å². The number of nitrogens with one attached hydrogen (secondary N) is 2. The number of nitro benzene ring substituents is 1. The van der Waals surface area contributed by atoms with E-state index in [-0.39, 0.29) is 11.6 Å². The number of para-hydroxylation sites is 1. The molecule has 4 aromatic rings. The maximum atomic E-state index is 12.5. The summed E-state index contributed by atoms with van der Waals surface area (Å²) in [5.41, 5.74) is 2.77. The SMILES string of the molecule is Cc1ccccc1C(=O)Nc1cccc(NC(=O)C=Cc2ccc(-c3ccccc3[N+](=O)[O-])o2)c1. The van der Waals surface area contributed by atoms with E-state index in [2.05, 4.69) is 10.6 Å². The average molecular weight is 467 g/mol. The van der Waals surface area contributed by atoms with E-state index in [4.69, 9.17) is 4.42 Å². The largest absolute Gasteiger partial charge is 0.456 e. The summed E-state index contributed by atoms with van der Waals surface area (Å²) in [6, 6.07) is 23.6. The molecule has 0 unspecified atom stereocenters. The first-order valence-corrected chi connectivity index (χ1v) is 10.7. The van der Waals surface area contributed by atoms with Crippen molar-refractivity contribution in [3.8, 4) is 11.3 Å². The number of hydrogen-bond donors (Lipinski definition) is 2. The molecule has 0 fully saturated rings. The van der Waals surface area contributed by atoms with Gasteiger partial charge in [0.1, 0.15) is 11.5 Å². The lowest BCUT2D eigenvalue weighted by Crippen LogP contribution is -2.14. The molecule has 3 aromatic carbocycles. The molecule has 1 heterocycles. The van der Waals surface area contributed by atoms with Gasteiger partial charge in [0.25, 0.3) is 11.6 Å². The van der Waals surface area contributed by atoms with E-state index in [9.17, 15) is 19.7 Å². The van der Waals surface area contributed by atoms with Gasteiger partial charge in [-0.3, -0.25) is 19.7 Å². The highest BCUT2D eigenvalue weighted by molar-refractivity contribution is 6.06. The fraction of sp³-hybridized carbons (Fsp3) is 0.0370. The number of nitrogens with zero attached hydrogens (tertiary/aromatic N) is 1. The van der Waals surface area contributed by atoms with Crippen LogP contribution < -0.4 is 10.6 Å². The maximum Gasteiger partial charge on any atom is 0.280 e. The van der Waals surface area contributed by atoms with Crippen molar-refractivity contribution in [1.82, 2.24) is 0 Å². The van der Waals surface area contributed by atoms with Crippen LogP contribution in [0.15, 0.2) is 95.4 Å². The Bertz CT molecular complexity index is 1440. The Morgan fingerprint density at radius 2 is 1.60 bits per heavy atom. The predicted octanol–water partition coefficient (Wildman–Crippen LogP) is 6.07. The van der Waals surface area contributed by atoms with E-state index >= 15 is 0 Å². The standard InChI is InChI=1S/C27H21N3O5/c1-18-7-2-3-10-22(18)27(32)29-20-9-6-8-19(17-20)28-26(31)16-14-21-13-15-25(35-21)23-11-4-5-12-24(23)30(33)34/h2-17H,1H3,(H,28,31)(H,29,32). The summed E-state index contributed by atoms with van der Waals surface area (Å²) in [7, 11) is 0. The van der Waals surface area contributed by atoms with Crippen LogP contribution >= 0.6 is 0 Å². The third kappa shape index (κ3) is 5.69. The van der Waals surface area contributed by atoms with E-state index in [1.807, 2.05) is 19.1 Å².